The number of anilines is 1. The molecule has 0 fully saturated rings. The third kappa shape index (κ3) is 5.91. The molecule has 0 aliphatic carbocycles. The Labute approximate surface area is 206 Å². The van der Waals surface area contributed by atoms with Crippen molar-refractivity contribution < 1.29 is 9.36 Å². The number of likely N-dealkylation sites (N-methyl/N-ethyl adjacent to an activating group) is 1. The Morgan fingerprint density at radius 1 is 1.09 bits per heavy atom. The van der Waals surface area contributed by atoms with Crippen molar-refractivity contribution in [3.63, 3.8) is 0 Å². The van der Waals surface area contributed by atoms with E-state index in [0.29, 0.717) is 18.7 Å². The van der Waals surface area contributed by atoms with Gasteiger partial charge >= 0.3 is 0 Å². The molecule has 0 atom stereocenters. The first-order valence-corrected chi connectivity index (χ1v) is 13.0. The summed E-state index contributed by atoms with van der Waals surface area (Å²) in [7, 11) is 2.12. The molecule has 0 amide bonds. The number of nitrogens with zero attached hydrogens (tertiary/aromatic N) is 2. The van der Waals surface area contributed by atoms with Crippen molar-refractivity contribution in [2.24, 2.45) is 7.05 Å². The first-order valence-electron chi connectivity index (χ1n) is 12.2. The van der Waals surface area contributed by atoms with Gasteiger partial charge in [0.05, 0.1) is 6.54 Å². The van der Waals surface area contributed by atoms with Gasteiger partial charge in [0.15, 0.2) is 0 Å². The molecule has 34 heavy (non-hydrogen) atoms. The second-order valence-corrected chi connectivity index (χ2v) is 9.67. The zero-order valence-electron chi connectivity index (χ0n) is 20.2. The number of unbranched alkanes of at least 4 members (excludes halogenated alkanes) is 2. The fourth-order valence-electron chi connectivity index (χ4n) is 4.28. The molecule has 1 N–H and O–H groups in total. The van der Waals surface area contributed by atoms with E-state index in [1.165, 1.54) is 32.0 Å². The first-order chi connectivity index (χ1) is 16.7. The Kier molecular flexibility index (Phi) is 8.45. The van der Waals surface area contributed by atoms with Crippen LogP contribution in [-0.4, -0.2) is 25.4 Å². The van der Waals surface area contributed by atoms with Gasteiger partial charge in [-0.2, -0.15) is 4.57 Å². The van der Waals surface area contributed by atoms with Crippen LogP contribution in [0.15, 0.2) is 73.0 Å². The maximum absolute atomic E-state index is 11.8. The number of ketones is 1. The minimum absolute atomic E-state index is 0.317. The summed E-state index contributed by atoms with van der Waals surface area (Å²) in [4.78, 5) is 14.1. The summed E-state index contributed by atoms with van der Waals surface area (Å²) in [6, 6.07) is 17.1. The van der Waals surface area contributed by atoms with E-state index in [0.717, 1.165) is 32.4 Å². The lowest BCUT2D eigenvalue weighted by molar-refractivity contribution is -0.642. The molecule has 0 saturated carbocycles. The fraction of sp³-hybridized carbons (Fsp3) is 0.310. The lowest BCUT2D eigenvalue weighted by atomic mass is 9.99. The van der Waals surface area contributed by atoms with Gasteiger partial charge in [-0.3, -0.25) is 4.79 Å². The third-order valence-electron chi connectivity index (χ3n) is 6.17. The van der Waals surface area contributed by atoms with Crippen molar-refractivity contribution in [3.05, 3.63) is 83.5 Å². The maximum atomic E-state index is 11.8. The highest BCUT2D eigenvalue weighted by atomic mass is 32.1. The second-order valence-electron chi connectivity index (χ2n) is 8.60. The van der Waals surface area contributed by atoms with Gasteiger partial charge in [0.25, 0.3) is 5.01 Å². The van der Waals surface area contributed by atoms with Crippen LogP contribution in [0.1, 0.15) is 43.2 Å². The summed E-state index contributed by atoms with van der Waals surface area (Å²) in [5.41, 5.74) is 5.00. The van der Waals surface area contributed by atoms with Gasteiger partial charge in [-0.1, -0.05) is 67.2 Å². The van der Waals surface area contributed by atoms with Crippen molar-refractivity contribution in [3.8, 4) is 0 Å². The third-order valence-corrected chi connectivity index (χ3v) is 7.36. The van der Waals surface area contributed by atoms with Crippen LogP contribution in [0.2, 0.25) is 0 Å². The van der Waals surface area contributed by atoms with Gasteiger partial charge < -0.3 is 10.2 Å². The zero-order chi connectivity index (χ0) is 23.8. The average molecular weight is 473 g/mol. The summed E-state index contributed by atoms with van der Waals surface area (Å²) in [6.45, 7) is 4.35. The molecule has 1 aromatic heterocycles. The Morgan fingerprint density at radius 3 is 2.76 bits per heavy atom. The highest BCUT2D eigenvalue weighted by Gasteiger charge is 2.16. The summed E-state index contributed by atoms with van der Waals surface area (Å²) in [5.74, 6) is 0.317. The van der Waals surface area contributed by atoms with Gasteiger partial charge in [-0.15, -0.1) is 0 Å². The molecule has 1 aliphatic rings. The van der Waals surface area contributed by atoms with Crippen LogP contribution in [0.5, 0.6) is 0 Å². The van der Waals surface area contributed by atoms with Gasteiger partial charge in [-0.25, -0.2) is 0 Å². The van der Waals surface area contributed by atoms with E-state index in [1.807, 2.05) is 18.3 Å². The van der Waals surface area contributed by atoms with E-state index in [4.69, 9.17) is 0 Å². The van der Waals surface area contributed by atoms with Gasteiger partial charge in [0, 0.05) is 42.6 Å². The Hall–Kier alpha value is -3.02. The van der Waals surface area contributed by atoms with Crippen molar-refractivity contribution in [1.82, 2.24) is 5.32 Å². The number of hydrogen-bond donors (Lipinski definition) is 1. The highest BCUT2D eigenvalue weighted by Crippen LogP contribution is 2.33. The molecule has 4 rings (SSSR count). The van der Waals surface area contributed by atoms with Crippen LogP contribution in [0.3, 0.4) is 0 Å². The number of Topliss-reactive ketones (excluding diaryl/α,β-unsaturated/α-hetero) is 1. The van der Waals surface area contributed by atoms with Gasteiger partial charge in [-0.05, 0) is 43.2 Å². The number of allylic oxidation sites excluding steroid dienone is 4. The number of carbonyl (C=O) groups is 1. The monoisotopic (exact) mass is 472 g/mol. The number of benzene rings is 2. The maximum Gasteiger partial charge on any atom is 0.262 e. The number of para-hydroxylation sites is 2. The molecule has 3 aromatic rings. The van der Waals surface area contributed by atoms with E-state index in [1.54, 1.807) is 0 Å². The summed E-state index contributed by atoms with van der Waals surface area (Å²) >= 11 is 1.81. The number of thiazole rings is 1. The molecule has 5 heteroatoms. The van der Waals surface area contributed by atoms with Crippen LogP contribution in [0, 0.1) is 0 Å². The molecular formula is C29H34N3OS+. The number of aromatic nitrogens is 1. The average Bonchev–Trinajstić information content (AvgIpc) is 3.18. The number of rotatable bonds is 11. The van der Waals surface area contributed by atoms with Crippen LogP contribution >= 0.6 is 11.3 Å². The number of fused-ring (bicyclic) bond motifs is 2. The van der Waals surface area contributed by atoms with Crippen LogP contribution in [-0.2, 0) is 11.8 Å². The lowest BCUT2D eigenvalue weighted by Crippen LogP contribution is -2.28. The molecule has 1 aliphatic heterocycles. The van der Waals surface area contributed by atoms with E-state index in [9.17, 15) is 4.79 Å². The normalized spacial score (nSPS) is 14.4. The van der Waals surface area contributed by atoms with Crippen molar-refractivity contribution in [2.45, 2.75) is 32.6 Å². The molecular weight excluding hydrogens is 438 g/mol. The van der Waals surface area contributed by atoms with Crippen molar-refractivity contribution >= 4 is 44.7 Å². The Balaban J connectivity index is 1.38. The smallest absolute Gasteiger partial charge is 0.262 e. The number of hydrogen-bond acceptors (Lipinski definition) is 4. The second kappa shape index (κ2) is 11.9. The first kappa shape index (κ1) is 24.1. The van der Waals surface area contributed by atoms with Crippen molar-refractivity contribution in [2.75, 3.05) is 24.5 Å². The molecule has 176 valence electrons. The minimum Gasteiger partial charge on any atom is -0.347 e. The summed E-state index contributed by atoms with van der Waals surface area (Å²) < 4.78 is 3.55. The van der Waals surface area contributed by atoms with E-state index in [-0.39, 0.29) is 0 Å². The number of aryl methyl sites for hydroxylation is 1. The summed E-state index contributed by atoms with van der Waals surface area (Å²) in [5, 5.41) is 4.34. The predicted molar refractivity (Wildman–Crippen MR) is 145 cm³/mol. The molecule has 2 aromatic carbocycles. The van der Waals surface area contributed by atoms with Gasteiger partial charge in [0.1, 0.15) is 17.5 Å². The van der Waals surface area contributed by atoms with Crippen molar-refractivity contribution in [1.29, 1.82) is 0 Å². The highest BCUT2D eigenvalue weighted by molar-refractivity contribution is 7.18. The largest absolute Gasteiger partial charge is 0.347 e. The zero-order valence-corrected chi connectivity index (χ0v) is 21.0. The lowest BCUT2D eigenvalue weighted by Gasteiger charge is -2.27. The molecule has 4 nitrogen and oxygen atoms in total. The predicted octanol–water partition coefficient (Wildman–Crippen LogP) is 5.90. The molecule has 2 heterocycles. The Bertz CT molecular complexity index is 1220. The minimum atomic E-state index is 0.317. The molecule has 0 saturated heterocycles. The van der Waals surface area contributed by atoms with Crippen LogP contribution in [0.4, 0.5) is 5.69 Å². The van der Waals surface area contributed by atoms with E-state index in [2.05, 4.69) is 101 Å². The summed E-state index contributed by atoms with van der Waals surface area (Å²) in [6.07, 6.45) is 14.7. The Morgan fingerprint density at radius 2 is 1.91 bits per heavy atom. The molecule has 0 unspecified atom stereocenters. The van der Waals surface area contributed by atoms with Crippen LogP contribution < -0.4 is 14.8 Å². The molecule has 0 radical (unpaired) electrons. The standard InChI is InChI=1S/C29H34N3OS/c1-3-30-22-24(33)13-5-4-10-20-32-21-19-23(25-14-6-7-15-26(25)32)12-11-18-29-31(2)27-16-8-9-17-28(27)34-29/h6-9,11-12,14-19,21,30H,3-5,10,13,20,22H2,1-2H3/q+1. The fourth-order valence-corrected chi connectivity index (χ4v) is 5.35. The van der Waals surface area contributed by atoms with Gasteiger partial charge in [0.2, 0.25) is 5.52 Å². The topological polar surface area (TPSA) is 36.2 Å². The van der Waals surface area contributed by atoms with E-state index < -0.39 is 0 Å². The quantitative estimate of drug-likeness (QED) is 0.279. The van der Waals surface area contributed by atoms with Crippen LogP contribution in [0.25, 0.3) is 21.9 Å². The number of nitrogens with one attached hydrogen (secondary N) is 1. The van der Waals surface area contributed by atoms with E-state index >= 15 is 0 Å². The molecule has 0 bridgehead atoms. The number of carbonyl (C=O) groups excluding carboxylic acids is 1. The molecule has 0 spiro atoms. The SMILES string of the molecule is CCNCC(=O)CCCCCN1C=CC(=CC=Cc2sc3ccccc3[n+]2C)c2ccccc21.